The van der Waals surface area contributed by atoms with Gasteiger partial charge in [-0.05, 0) is 73.7 Å². The maximum atomic E-state index is 12.5. The van der Waals surface area contributed by atoms with Crippen molar-refractivity contribution in [2.75, 3.05) is 10.0 Å². The van der Waals surface area contributed by atoms with E-state index in [1.807, 2.05) is 26.8 Å². The van der Waals surface area contributed by atoms with Crippen LogP contribution in [0.5, 0.6) is 0 Å². The van der Waals surface area contributed by atoms with Crippen molar-refractivity contribution >= 4 is 27.3 Å². The van der Waals surface area contributed by atoms with Gasteiger partial charge in [-0.2, -0.15) is 0 Å². The Morgan fingerprint density at radius 2 is 1.60 bits per heavy atom. The summed E-state index contributed by atoms with van der Waals surface area (Å²) in [6.07, 6.45) is 0.915. The largest absolute Gasteiger partial charge is 0.326 e. The second-order valence-corrected chi connectivity index (χ2v) is 8.42. The topological polar surface area (TPSA) is 75.3 Å². The number of anilines is 2. The molecule has 0 radical (unpaired) electrons. The third-order valence-corrected chi connectivity index (χ3v) is 6.03. The maximum Gasteiger partial charge on any atom is 0.261 e. The number of rotatable bonds is 5. The van der Waals surface area contributed by atoms with E-state index >= 15 is 0 Å². The number of carbonyl (C=O) groups is 1. The molecule has 25 heavy (non-hydrogen) atoms. The zero-order chi connectivity index (χ0) is 18.2. The number of sulfonamides is 1. The molecular weight excluding hydrogens is 336 g/mol. The fraction of sp³-hybridized carbons (Fsp3) is 0.316. The maximum absolute atomic E-state index is 12.5. The zero-order valence-electron chi connectivity index (χ0n) is 14.5. The Balaban J connectivity index is 1.71. The molecule has 132 valence electrons. The summed E-state index contributed by atoms with van der Waals surface area (Å²) in [6.45, 7) is 5.95. The van der Waals surface area contributed by atoms with Gasteiger partial charge in [0.05, 0.1) is 4.90 Å². The second-order valence-electron chi connectivity index (χ2n) is 6.74. The molecule has 2 aromatic rings. The Kier molecular flexibility index (Phi) is 4.56. The summed E-state index contributed by atoms with van der Waals surface area (Å²) in [4.78, 5) is 12.1. The molecule has 0 heterocycles. The number of aryl methyl sites for hydroxylation is 2. The summed E-state index contributed by atoms with van der Waals surface area (Å²) in [7, 11) is -3.66. The highest BCUT2D eigenvalue weighted by molar-refractivity contribution is 7.92. The molecule has 2 N–H and O–H groups in total. The number of hydrogen-bond donors (Lipinski definition) is 2. The van der Waals surface area contributed by atoms with Crippen LogP contribution in [0.15, 0.2) is 47.4 Å². The fourth-order valence-electron chi connectivity index (χ4n) is 2.66. The first-order valence-corrected chi connectivity index (χ1v) is 9.75. The molecule has 0 saturated heterocycles. The lowest BCUT2D eigenvalue weighted by molar-refractivity contribution is -0.117. The Labute approximate surface area is 148 Å². The highest BCUT2D eigenvalue weighted by Gasteiger charge is 2.39. The molecule has 0 aliphatic heterocycles. The van der Waals surface area contributed by atoms with Crippen molar-refractivity contribution in [3.63, 3.8) is 0 Å². The summed E-state index contributed by atoms with van der Waals surface area (Å²) >= 11 is 0. The standard InChI is InChI=1S/C19H22N2O3S/c1-12-4-5-16(10-13(12)2)21-25(23,24)17-8-6-15(7-9-17)20-19(22)18-11-14(18)3/h4-10,14,18,21H,11H2,1-3H3,(H,20,22)/t14-,18-/m1/s1. The molecule has 0 bridgehead atoms. The van der Waals surface area contributed by atoms with Crippen LogP contribution in [0.25, 0.3) is 0 Å². The molecule has 2 aromatic carbocycles. The molecule has 0 unspecified atom stereocenters. The average molecular weight is 358 g/mol. The van der Waals surface area contributed by atoms with E-state index in [-0.39, 0.29) is 16.7 Å². The minimum atomic E-state index is -3.66. The summed E-state index contributed by atoms with van der Waals surface area (Å²) < 4.78 is 27.6. The van der Waals surface area contributed by atoms with Crippen LogP contribution in [0.1, 0.15) is 24.5 Å². The number of nitrogens with one attached hydrogen (secondary N) is 2. The van der Waals surface area contributed by atoms with Crippen LogP contribution in [0, 0.1) is 25.7 Å². The van der Waals surface area contributed by atoms with Gasteiger partial charge in [0.25, 0.3) is 10.0 Å². The van der Waals surface area contributed by atoms with Gasteiger partial charge in [0, 0.05) is 17.3 Å². The summed E-state index contributed by atoms with van der Waals surface area (Å²) in [5.41, 5.74) is 3.26. The van der Waals surface area contributed by atoms with Crippen LogP contribution in [0.4, 0.5) is 11.4 Å². The van der Waals surface area contributed by atoms with Crippen molar-refractivity contribution in [3.05, 3.63) is 53.6 Å². The third-order valence-electron chi connectivity index (χ3n) is 4.64. The molecule has 2 atom stereocenters. The fourth-order valence-corrected chi connectivity index (χ4v) is 3.71. The molecule has 0 spiro atoms. The van der Waals surface area contributed by atoms with Gasteiger partial charge < -0.3 is 5.32 Å². The van der Waals surface area contributed by atoms with Crippen LogP contribution in [-0.2, 0) is 14.8 Å². The minimum absolute atomic E-state index is 0.00337. The van der Waals surface area contributed by atoms with Gasteiger partial charge in [-0.1, -0.05) is 13.0 Å². The van der Waals surface area contributed by atoms with Crippen LogP contribution < -0.4 is 10.0 Å². The quantitative estimate of drug-likeness (QED) is 0.856. The molecule has 3 rings (SSSR count). The van der Waals surface area contributed by atoms with Crippen molar-refractivity contribution in [2.45, 2.75) is 32.1 Å². The van der Waals surface area contributed by atoms with E-state index in [9.17, 15) is 13.2 Å². The van der Waals surface area contributed by atoms with Crippen molar-refractivity contribution < 1.29 is 13.2 Å². The summed E-state index contributed by atoms with van der Waals surface area (Å²) in [6, 6.07) is 11.6. The Bertz CT molecular complexity index is 905. The molecule has 5 nitrogen and oxygen atoms in total. The zero-order valence-corrected chi connectivity index (χ0v) is 15.4. The lowest BCUT2D eigenvalue weighted by Gasteiger charge is -2.11. The van der Waals surface area contributed by atoms with Gasteiger partial charge in [-0.15, -0.1) is 0 Å². The Hall–Kier alpha value is -2.34. The second kappa shape index (κ2) is 6.52. The lowest BCUT2D eigenvalue weighted by Crippen LogP contribution is -2.15. The number of hydrogen-bond acceptors (Lipinski definition) is 3. The van der Waals surface area contributed by atoms with Crippen molar-refractivity contribution in [2.24, 2.45) is 11.8 Å². The van der Waals surface area contributed by atoms with Gasteiger partial charge in [-0.3, -0.25) is 9.52 Å². The first-order chi connectivity index (χ1) is 11.8. The molecule has 6 heteroatoms. The molecule has 1 fully saturated rings. The van der Waals surface area contributed by atoms with Crippen molar-refractivity contribution in [1.29, 1.82) is 0 Å². The lowest BCUT2D eigenvalue weighted by atomic mass is 10.1. The molecule has 1 aliphatic carbocycles. The SMILES string of the molecule is Cc1ccc(NS(=O)(=O)c2ccc(NC(=O)[C@@H]3C[C@H]3C)cc2)cc1C. The first-order valence-electron chi connectivity index (χ1n) is 8.27. The van der Waals surface area contributed by atoms with E-state index in [0.717, 1.165) is 17.5 Å². The van der Waals surface area contributed by atoms with Crippen molar-refractivity contribution in [3.8, 4) is 0 Å². The van der Waals surface area contributed by atoms with Gasteiger partial charge in [0.15, 0.2) is 0 Å². The first kappa shape index (κ1) is 17.5. The smallest absolute Gasteiger partial charge is 0.261 e. The number of benzene rings is 2. The van der Waals surface area contributed by atoms with E-state index in [4.69, 9.17) is 0 Å². The Morgan fingerprint density at radius 1 is 1.00 bits per heavy atom. The molecule has 1 saturated carbocycles. The van der Waals surface area contributed by atoms with Crippen LogP contribution in [-0.4, -0.2) is 14.3 Å². The van der Waals surface area contributed by atoms with Crippen molar-refractivity contribution in [1.82, 2.24) is 0 Å². The predicted molar refractivity (Wildman–Crippen MR) is 99.1 cm³/mol. The van der Waals surface area contributed by atoms with E-state index < -0.39 is 10.0 Å². The molecule has 0 aromatic heterocycles. The van der Waals surface area contributed by atoms with Gasteiger partial charge in [0.2, 0.25) is 5.91 Å². The molecular formula is C19H22N2O3S. The highest BCUT2D eigenvalue weighted by atomic mass is 32.2. The molecule has 1 amide bonds. The number of carbonyl (C=O) groups excluding carboxylic acids is 1. The average Bonchev–Trinajstić information content (AvgIpc) is 3.28. The summed E-state index contributed by atoms with van der Waals surface area (Å²) in [5.74, 6) is 0.507. The monoisotopic (exact) mass is 358 g/mol. The minimum Gasteiger partial charge on any atom is -0.326 e. The van der Waals surface area contributed by atoms with Gasteiger partial charge >= 0.3 is 0 Å². The molecule has 1 aliphatic rings. The van der Waals surface area contributed by atoms with E-state index in [1.165, 1.54) is 12.1 Å². The predicted octanol–water partition coefficient (Wildman–Crippen LogP) is 3.70. The van der Waals surface area contributed by atoms with Gasteiger partial charge in [-0.25, -0.2) is 8.42 Å². The highest BCUT2D eigenvalue weighted by Crippen LogP contribution is 2.38. The number of amides is 1. The van der Waals surface area contributed by atoms with E-state index in [0.29, 0.717) is 17.3 Å². The third kappa shape index (κ3) is 4.02. The van der Waals surface area contributed by atoms with Crippen LogP contribution >= 0.6 is 0 Å². The van der Waals surface area contributed by atoms with E-state index in [1.54, 1.807) is 24.3 Å². The van der Waals surface area contributed by atoms with Crippen LogP contribution in [0.2, 0.25) is 0 Å². The van der Waals surface area contributed by atoms with Gasteiger partial charge in [0.1, 0.15) is 0 Å². The Morgan fingerprint density at radius 3 is 2.16 bits per heavy atom. The van der Waals surface area contributed by atoms with Crippen LogP contribution in [0.3, 0.4) is 0 Å². The normalized spacial score (nSPS) is 19.3. The van der Waals surface area contributed by atoms with E-state index in [2.05, 4.69) is 10.0 Å². The summed E-state index contributed by atoms with van der Waals surface area (Å²) in [5, 5.41) is 2.82.